The fourth-order valence-corrected chi connectivity index (χ4v) is 1.14. The van der Waals surface area contributed by atoms with Gasteiger partial charge in [0.05, 0.1) is 18.0 Å². The van der Waals surface area contributed by atoms with Crippen LogP contribution in [0, 0.1) is 0 Å². The molecule has 0 aliphatic rings. The minimum Gasteiger partial charge on any atom is -0.474 e. The number of hydrogen-bond donors (Lipinski definition) is 2. The van der Waals surface area contributed by atoms with Crippen LogP contribution in [0.1, 0.15) is 13.8 Å². The maximum atomic E-state index is 10.3. The Morgan fingerprint density at radius 1 is 1.67 bits per heavy atom. The molecule has 0 atom stereocenters. The second-order valence-corrected chi connectivity index (χ2v) is 3.51. The second-order valence-electron chi connectivity index (χ2n) is 3.11. The first kappa shape index (κ1) is 11.6. The van der Waals surface area contributed by atoms with Crippen molar-refractivity contribution in [3.8, 4) is 5.88 Å². The van der Waals surface area contributed by atoms with Crippen molar-refractivity contribution in [2.75, 3.05) is 5.32 Å². The van der Waals surface area contributed by atoms with Gasteiger partial charge in [-0.15, -0.1) is 0 Å². The van der Waals surface area contributed by atoms with Crippen molar-refractivity contribution in [3.05, 3.63) is 17.3 Å². The molecular weight excluding hydrogens is 220 g/mol. The average Bonchev–Trinajstić information content (AvgIpc) is 2.08. The molecule has 0 aliphatic carbocycles. The molecule has 82 valence electrons. The summed E-state index contributed by atoms with van der Waals surface area (Å²) in [5.74, 6) is 0.294. The SMILES string of the molecule is CC(C)Oc1ncc(NC(=O)O)cc1Cl. The third kappa shape index (κ3) is 3.63. The van der Waals surface area contributed by atoms with E-state index in [2.05, 4.69) is 10.3 Å². The number of hydrogen-bond acceptors (Lipinski definition) is 3. The summed E-state index contributed by atoms with van der Waals surface area (Å²) in [7, 11) is 0. The number of carbonyl (C=O) groups is 1. The van der Waals surface area contributed by atoms with Gasteiger partial charge in [-0.1, -0.05) is 11.6 Å². The van der Waals surface area contributed by atoms with E-state index in [1.165, 1.54) is 12.3 Å². The standard InChI is InChI=1S/C9H11ClN2O3/c1-5(2)15-8-7(10)3-6(4-11-8)12-9(13)14/h3-5,12H,1-2H3,(H,13,14). The summed E-state index contributed by atoms with van der Waals surface area (Å²) in [5.41, 5.74) is 0.309. The number of aromatic nitrogens is 1. The molecule has 0 spiro atoms. The molecular formula is C9H11ClN2O3. The Balaban J connectivity index is 2.83. The number of pyridine rings is 1. The van der Waals surface area contributed by atoms with Gasteiger partial charge in [0.25, 0.3) is 0 Å². The Morgan fingerprint density at radius 2 is 2.33 bits per heavy atom. The van der Waals surface area contributed by atoms with Crippen LogP contribution >= 0.6 is 11.6 Å². The van der Waals surface area contributed by atoms with Gasteiger partial charge >= 0.3 is 6.09 Å². The molecule has 0 fully saturated rings. The molecule has 1 rings (SSSR count). The van der Waals surface area contributed by atoms with E-state index in [-0.39, 0.29) is 11.1 Å². The summed E-state index contributed by atoms with van der Waals surface area (Å²) in [6.45, 7) is 3.70. The van der Waals surface area contributed by atoms with Gasteiger partial charge in [0.15, 0.2) is 0 Å². The number of anilines is 1. The molecule has 1 aromatic heterocycles. The van der Waals surface area contributed by atoms with Crippen molar-refractivity contribution in [2.45, 2.75) is 20.0 Å². The van der Waals surface area contributed by atoms with Crippen LogP contribution in [0.15, 0.2) is 12.3 Å². The summed E-state index contributed by atoms with van der Waals surface area (Å²) in [5, 5.41) is 10.9. The highest BCUT2D eigenvalue weighted by Crippen LogP contribution is 2.25. The minimum absolute atomic E-state index is 0.0340. The zero-order valence-corrected chi connectivity index (χ0v) is 9.08. The van der Waals surface area contributed by atoms with E-state index < -0.39 is 6.09 Å². The largest absolute Gasteiger partial charge is 0.474 e. The molecule has 0 unspecified atom stereocenters. The van der Waals surface area contributed by atoms with E-state index in [1.54, 1.807) is 0 Å². The Bertz CT molecular complexity index is 368. The molecule has 1 amide bonds. The zero-order chi connectivity index (χ0) is 11.4. The number of nitrogens with zero attached hydrogens (tertiary/aromatic N) is 1. The smallest absolute Gasteiger partial charge is 0.409 e. The predicted octanol–water partition coefficient (Wildman–Crippen LogP) is 2.61. The summed E-state index contributed by atoms with van der Waals surface area (Å²) in [6.07, 6.45) is 0.149. The molecule has 0 radical (unpaired) electrons. The van der Waals surface area contributed by atoms with Crippen molar-refractivity contribution in [3.63, 3.8) is 0 Å². The molecule has 0 aromatic carbocycles. The molecule has 1 heterocycles. The van der Waals surface area contributed by atoms with Gasteiger partial charge < -0.3 is 9.84 Å². The van der Waals surface area contributed by atoms with Gasteiger partial charge in [-0.05, 0) is 19.9 Å². The van der Waals surface area contributed by atoms with Crippen molar-refractivity contribution in [1.82, 2.24) is 4.98 Å². The topological polar surface area (TPSA) is 71.5 Å². The first-order chi connectivity index (χ1) is 6.99. The van der Waals surface area contributed by atoms with Gasteiger partial charge in [-0.25, -0.2) is 9.78 Å². The highest BCUT2D eigenvalue weighted by Gasteiger charge is 2.07. The quantitative estimate of drug-likeness (QED) is 0.837. The van der Waals surface area contributed by atoms with Crippen LogP contribution in [0.2, 0.25) is 5.02 Å². The minimum atomic E-state index is -1.16. The molecule has 0 saturated heterocycles. The highest BCUT2D eigenvalue weighted by atomic mass is 35.5. The highest BCUT2D eigenvalue weighted by molar-refractivity contribution is 6.32. The van der Waals surface area contributed by atoms with Crippen molar-refractivity contribution >= 4 is 23.4 Å². The van der Waals surface area contributed by atoms with E-state index in [0.717, 1.165) is 0 Å². The molecule has 2 N–H and O–H groups in total. The lowest BCUT2D eigenvalue weighted by Gasteiger charge is -2.10. The average molecular weight is 231 g/mol. The van der Waals surface area contributed by atoms with E-state index in [9.17, 15) is 4.79 Å². The van der Waals surface area contributed by atoms with Crippen LogP contribution in [-0.4, -0.2) is 22.3 Å². The van der Waals surface area contributed by atoms with Crippen LogP contribution in [0.4, 0.5) is 10.5 Å². The molecule has 1 aromatic rings. The zero-order valence-electron chi connectivity index (χ0n) is 8.32. The van der Waals surface area contributed by atoms with Crippen LogP contribution in [0.25, 0.3) is 0 Å². The van der Waals surface area contributed by atoms with Crippen molar-refractivity contribution in [1.29, 1.82) is 0 Å². The van der Waals surface area contributed by atoms with E-state index in [0.29, 0.717) is 11.6 Å². The number of carboxylic acid groups (broad SMARTS) is 1. The van der Waals surface area contributed by atoms with E-state index >= 15 is 0 Å². The number of ether oxygens (including phenoxy) is 1. The maximum Gasteiger partial charge on any atom is 0.409 e. The predicted molar refractivity (Wildman–Crippen MR) is 56.7 cm³/mol. The number of rotatable bonds is 3. The van der Waals surface area contributed by atoms with Crippen LogP contribution in [0.5, 0.6) is 5.88 Å². The van der Waals surface area contributed by atoms with Crippen molar-refractivity contribution in [2.24, 2.45) is 0 Å². The summed E-state index contributed by atoms with van der Waals surface area (Å²) < 4.78 is 5.29. The van der Waals surface area contributed by atoms with Gasteiger partial charge in [-0.3, -0.25) is 5.32 Å². The molecule has 0 bridgehead atoms. The number of amides is 1. The Labute approximate surface area is 92.0 Å². The van der Waals surface area contributed by atoms with Gasteiger partial charge in [-0.2, -0.15) is 0 Å². The van der Waals surface area contributed by atoms with Gasteiger partial charge in [0.1, 0.15) is 5.02 Å². The Morgan fingerprint density at radius 3 is 2.80 bits per heavy atom. The maximum absolute atomic E-state index is 10.3. The lowest BCUT2D eigenvalue weighted by atomic mass is 10.4. The number of nitrogens with one attached hydrogen (secondary N) is 1. The van der Waals surface area contributed by atoms with Crippen LogP contribution < -0.4 is 10.1 Å². The van der Waals surface area contributed by atoms with Gasteiger partial charge in [0, 0.05) is 0 Å². The molecule has 6 heteroatoms. The van der Waals surface area contributed by atoms with Gasteiger partial charge in [0.2, 0.25) is 5.88 Å². The summed E-state index contributed by atoms with van der Waals surface area (Å²) >= 11 is 5.84. The molecule has 5 nitrogen and oxygen atoms in total. The Hall–Kier alpha value is -1.49. The van der Waals surface area contributed by atoms with Crippen LogP contribution in [0.3, 0.4) is 0 Å². The van der Waals surface area contributed by atoms with Crippen molar-refractivity contribution < 1.29 is 14.6 Å². The third-order valence-corrected chi connectivity index (χ3v) is 1.68. The number of halogens is 1. The normalized spacial score (nSPS) is 10.1. The first-order valence-electron chi connectivity index (χ1n) is 4.31. The van der Waals surface area contributed by atoms with E-state index in [1.807, 2.05) is 13.8 Å². The molecule has 0 saturated carbocycles. The fourth-order valence-electron chi connectivity index (χ4n) is 0.927. The Kier molecular flexibility index (Phi) is 3.74. The second kappa shape index (κ2) is 4.84. The summed E-state index contributed by atoms with van der Waals surface area (Å²) in [4.78, 5) is 14.2. The third-order valence-electron chi connectivity index (χ3n) is 1.41. The van der Waals surface area contributed by atoms with E-state index in [4.69, 9.17) is 21.4 Å². The lowest BCUT2D eigenvalue weighted by molar-refractivity contribution is 0.209. The lowest BCUT2D eigenvalue weighted by Crippen LogP contribution is -2.10. The van der Waals surface area contributed by atoms with Crippen LogP contribution in [-0.2, 0) is 0 Å². The first-order valence-corrected chi connectivity index (χ1v) is 4.69. The monoisotopic (exact) mass is 230 g/mol. The fraction of sp³-hybridized carbons (Fsp3) is 0.333. The summed E-state index contributed by atoms with van der Waals surface area (Å²) in [6, 6.07) is 1.44. The molecule has 0 aliphatic heterocycles. The molecule has 15 heavy (non-hydrogen) atoms.